The number of aryl methyl sites for hydroxylation is 2. The minimum absolute atomic E-state index is 0.0200. The highest BCUT2D eigenvalue weighted by Crippen LogP contribution is 2.41. The third-order valence-corrected chi connectivity index (χ3v) is 6.93. The van der Waals surface area contributed by atoms with E-state index in [1.807, 2.05) is 0 Å². The van der Waals surface area contributed by atoms with Crippen molar-refractivity contribution in [2.45, 2.75) is 151 Å². The molecule has 0 bridgehead atoms. The molecule has 2 nitrogen and oxygen atoms in total. The summed E-state index contributed by atoms with van der Waals surface area (Å²) in [5.41, 5.74) is 6.90. The van der Waals surface area contributed by atoms with E-state index in [9.17, 15) is 10.2 Å². The molecule has 2 aromatic carbocycles. The Morgan fingerprint density at radius 3 is 0.946 bits per heavy atom. The maximum absolute atomic E-state index is 10.6. The summed E-state index contributed by atoms with van der Waals surface area (Å²) in [6, 6.07) is 8.74. The number of phenolic OH excluding ortho intramolecular Hbond substituents is 2. The van der Waals surface area contributed by atoms with Gasteiger partial charge in [0, 0.05) is 0 Å². The molecule has 0 amide bonds. The van der Waals surface area contributed by atoms with E-state index < -0.39 is 0 Å². The van der Waals surface area contributed by atoms with Crippen LogP contribution in [0.5, 0.6) is 11.5 Å². The lowest BCUT2D eigenvalue weighted by molar-refractivity contribution is 0.421. The summed E-state index contributed by atoms with van der Waals surface area (Å²) in [5.74, 6) is 0.968. The van der Waals surface area contributed by atoms with Crippen molar-refractivity contribution in [1.29, 1.82) is 0 Å². The largest absolute Gasteiger partial charge is 0.507 e. The van der Waals surface area contributed by atoms with Crippen LogP contribution in [0.4, 0.5) is 0 Å². The van der Waals surface area contributed by atoms with Gasteiger partial charge in [-0.1, -0.05) is 134 Å². The third kappa shape index (κ3) is 9.38. The molecule has 0 atom stereocenters. The second-order valence-electron chi connectivity index (χ2n) is 14.9. The van der Waals surface area contributed by atoms with Gasteiger partial charge in [0.25, 0.3) is 0 Å². The van der Waals surface area contributed by atoms with Crippen molar-refractivity contribution in [3.8, 4) is 11.5 Å². The molecule has 0 fully saturated rings. The van der Waals surface area contributed by atoms with Gasteiger partial charge in [0.15, 0.2) is 0 Å². The average Bonchev–Trinajstić information content (AvgIpc) is 2.71. The number of hydrogen-bond donors (Lipinski definition) is 2. The number of phenols is 2. The van der Waals surface area contributed by atoms with Crippen molar-refractivity contribution in [2.24, 2.45) is 0 Å². The van der Waals surface area contributed by atoms with Crippen LogP contribution in [0, 0.1) is 0 Å². The molecule has 0 saturated carbocycles. The van der Waals surface area contributed by atoms with E-state index in [0.29, 0.717) is 11.5 Å². The maximum atomic E-state index is 10.6. The van der Waals surface area contributed by atoms with Gasteiger partial charge in [-0.05, 0) is 74.3 Å². The Hall–Kier alpha value is -1.96. The fraction of sp³-hybridized carbons (Fsp3) is 0.657. The Morgan fingerprint density at radius 1 is 0.459 bits per heavy atom. The number of rotatable bonds is 5. The van der Waals surface area contributed by atoms with Crippen molar-refractivity contribution in [2.75, 3.05) is 0 Å². The first-order chi connectivity index (χ1) is 16.6. The Bertz CT molecular complexity index is 945. The molecular weight excluding hydrogens is 452 g/mol. The highest BCUT2D eigenvalue weighted by molar-refractivity contribution is 5.51. The van der Waals surface area contributed by atoms with Crippen molar-refractivity contribution in [1.82, 2.24) is 0 Å². The van der Waals surface area contributed by atoms with Gasteiger partial charge in [-0.25, -0.2) is 0 Å². The number of unbranched alkanes of at least 4 members (excludes halogenated alkanes) is 1. The first-order valence-electron chi connectivity index (χ1n) is 14.4. The van der Waals surface area contributed by atoms with Gasteiger partial charge < -0.3 is 10.2 Å². The monoisotopic (exact) mass is 510 g/mol. The molecule has 0 aliphatic heterocycles. The maximum Gasteiger partial charge on any atom is 0.123 e. The molecule has 0 aliphatic carbocycles. The predicted octanol–water partition coefficient (Wildman–Crippen LogP) is 10.3. The minimum Gasteiger partial charge on any atom is -0.507 e. The first-order valence-corrected chi connectivity index (χ1v) is 14.4. The molecule has 2 N–H and O–H groups in total. The molecule has 0 heterocycles. The Kier molecular flexibility index (Phi) is 11.0. The zero-order chi connectivity index (χ0) is 29.0. The van der Waals surface area contributed by atoms with Gasteiger partial charge in [0.05, 0.1) is 0 Å². The molecule has 0 aliphatic rings. The SMILES string of the molecule is CCCCc1cc(C(C)(C)C)c(O)c(C(C)(C)C)c1.CCCc1cc(C(C)(C)C)c(O)c(C(C)(C)C)c1. The van der Waals surface area contributed by atoms with E-state index >= 15 is 0 Å². The number of hydrogen-bond acceptors (Lipinski definition) is 2. The molecule has 2 aromatic rings. The van der Waals surface area contributed by atoms with E-state index in [2.05, 4.69) is 121 Å². The van der Waals surface area contributed by atoms with Crippen molar-refractivity contribution in [3.63, 3.8) is 0 Å². The molecule has 37 heavy (non-hydrogen) atoms. The summed E-state index contributed by atoms with van der Waals surface area (Å²) >= 11 is 0. The average molecular weight is 511 g/mol. The molecule has 0 spiro atoms. The van der Waals surface area contributed by atoms with Crippen LogP contribution in [0.15, 0.2) is 24.3 Å². The lowest BCUT2D eigenvalue weighted by Crippen LogP contribution is -2.18. The summed E-state index contributed by atoms with van der Waals surface area (Å²) in [6.07, 6.45) is 5.72. The van der Waals surface area contributed by atoms with E-state index in [0.717, 1.165) is 41.5 Å². The van der Waals surface area contributed by atoms with Crippen molar-refractivity contribution in [3.05, 3.63) is 57.6 Å². The Balaban J connectivity index is 0.000000371. The summed E-state index contributed by atoms with van der Waals surface area (Å²) < 4.78 is 0. The van der Waals surface area contributed by atoms with Crippen LogP contribution in [-0.4, -0.2) is 10.2 Å². The van der Waals surface area contributed by atoms with Gasteiger partial charge in [-0.15, -0.1) is 0 Å². The molecule has 2 heteroatoms. The van der Waals surface area contributed by atoms with Crippen LogP contribution >= 0.6 is 0 Å². The van der Waals surface area contributed by atoms with Crippen molar-refractivity contribution >= 4 is 0 Å². The Morgan fingerprint density at radius 2 is 0.730 bits per heavy atom. The molecule has 210 valence electrons. The molecule has 0 saturated heterocycles. The van der Waals surface area contributed by atoms with Gasteiger partial charge in [0.2, 0.25) is 0 Å². The minimum atomic E-state index is -0.0215. The fourth-order valence-corrected chi connectivity index (χ4v) is 4.63. The van der Waals surface area contributed by atoms with E-state index in [-0.39, 0.29) is 21.7 Å². The zero-order valence-corrected chi connectivity index (χ0v) is 26.7. The van der Waals surface area contributed by atoms with Gasteiger partial charge in [0.1, 0.15) is 11.5 Å². The predicted molar refractivity (Wildman–Crippen MR) is 164 cm³/mol. The summed E-state index contributed by atoms with van der Waals surface area (Å²) in [5, 5.41) is 21.2. The number of benzene rings is 2. The lowest BCUT2D eigenvalue weighted by Gasteiger charge is -2.28. The summed E-state index contributed by atoms with van der Waals surface area (Å²) in [4.78, 5) is 0. The second-order valence-corrected chi connectivity index (χ2v) is 14.9. The van der Waals surface area contributed by atoms with Crippen LogP contribution in [0.2, 0.25) is 0 Å². The molecule has 2 rings (SSSR count). The van der Waals surface area contributed by atoms with E-state index in [4.69, 9.17) is 0 Å². The normalized spacial score (nSPS) is 12.8. The standard InChI is InChI=1S/C18H30O.C17H28O/c1-8-9-10-13-11-14(17(2,3)4)16(19)15(12-13)18(5,6)7;1-8-9-12-10-13(16(2,3)4)15(18)14(11-12)17(5,6)7/h11-12,19H,8-10H2,1-7H3;10-11,18H,8-9H2,1-7H3. The van der Waals surface area contributed by atoms with Crippen LogP contribution in [0.25, 0.3) is 0 Å². The lowest BCUT2D eigenvalue weighted by atomic mass is 9.78. The quantitative estimate of drug-likeness (QED) is 0.420. The van der Waals surface area contributed by atoms with Crippen LogP contribution < -0.4 is 0 Å². The van der Waals surface area contributed by atoms with Crippen molar-refractivity contribution < 1.29 is 10.2 Å². The van der Waals surface area contributed by atoms with Crippen LogP contribution in [-0.2, 0) is 34.5 Å². The van der Waals surface area contributed by atoms with Crippen LogP contribution in [0.1, 0.15) is 150 Å². The second kappa shape index (κ2) is 12.3. The van der Waals surface area contributed by atoms with E-state index in [1.165, 1.54) is 24.0 Å². The summed E-state index contributed by atoms with van der Waals surface area (Å²) in [7, 11) is 0. The fourth-order valence-electron chi connectivity index (χ4n) is 4.63. The molecule has 0 radical (unpaired) electrons. The number of aromatic hydroxyl groups is 2. The van der Waals surface area contributed by atoms with Gasteiger partial charge in [-0.2, -0.15) is 0 Å². The molecular formula is C35H58O2. The molecule has 0 aromatic heterocycles. The summed E-state index contributed by atoms with van der Waals surface area (Å²) in [6.45, 7) is 30.3. The smallest absolute Gasteiger partial charge is 0.123 e. The Labute approximate surface area is 229 Å². The topological polar surface area (TPSA) is 40.5 Å². The van der Waals surface area contributed by atoms with E-state index in [1.54, 1.807) is 0 Å². The first kappa shape index (κ1) is 33.1. The highest BCUT2D eigenvalue weighted by Gasteiger charge is 2.27. The molecule has 0 unspecified atom stereocenters. The zero-order valence-electron chi connectivity index (χ0n) is 26.7. The van der Waals surface area contributed by atoms with Crippen LogP contribution in [0.3, 0.4) is 0 Å². The van der Waals surface area contributed by atoms with Gasteiger partial charge in [-0.3, -0.25) is 0 Å². The van der Waals surface area contributed by atoms with Gasteiger partial charge >= 0.3 is 0 Å². The third-order valence-electron chi connectivity index (χ3n) is 6.93. The highest BCUT2D eigenvalue weighted by atomic mass is 16.3.